The summed E-state index contributed by atoms with van der Waals surface area (Å²) in [6.45, 7) is 4.30. The summed E-state index contributed by atoms with van der Waals surface area (Å²) in [6, 6.07) is 11.1. The van der Waals surface area contributed by atoms with E-state index in [1.165, 1.54) is 6.20 Å². The maximum absolute atomic E-state index is 12.6. The van der Waals surface area contributed by atoms with E-state index < -0.39 is 0 Å². The van der Waals surface area contributed by atoms with Gasteiger partial charge >= 0.3 is 0 Å². The van der Waals surface area contributed by atoms with Gasteiger partial charge in [0.1, 0.15) is 0 Å². The van der Waals surface area contributed by atoms with E-state index in [0.717, 1.165) is 15.9 Å². The minimum atomic E-state index is -0.224. The Labute approximate surface area is 171 Å². The Morgan fingerprint density at radius 2 is 1.71 bits per heavy atom. The number of carbonyl (C=O) groups is 2. The van der Waals surface area contributed by atoms with E-state index in [1.807, 2.05) is 31.2 Å². The van der Waals surface area contributed by atoms with E-state index in [4.69, 9.17) is 0 Å². The highest BCUT2D eigenvalue weighted by molar-refractivity contribution is 9.10. The topological polar surface area (TPSA) is 88.9 Å². The molecule has 8 heteroatoms. The van der Waals surface area contributed by atoms with Gasteiger partial charge in [0, 0.05) is 30.0 Å². The molecule has 0 bridgehead atoms. The first-order valence-electron chi connectivity index (χ1n) is 8.76. The van der Waals surface area contributed by atoms with Gasteiger partial charge in [0.25, 0.3) is 11.8 Å². The van der Waals surface area contributed by atoms with Crippen molar-refractivity contribution in [3.8, 4) is 5.69 Å². The van der Waals surface area contributed by atoms with Crippen molar-refractivity contribution >= 4 is 27.7 Å². The van der Waals surface area contributed by atoms with Gasteiger partial charge in [0.05, 0.1) is 28.2 Å². The van der Waals surface area contributed by atoms with Crippen LogP contribution in [0.1, 0.15) is 32.1 Å². The molecule has 7 nitrogen and oxygen atoms in total. The fourth-order valence-electron chi connectivity index (χ4n) is 2.84. The lowest BCUT2D eigenvalue weighted by Crippen LogP contribution is -2.35. The van der Waals surface area contributed by atoms with Crippen molar-refractivity contribution in [2.45, 2.75) is 13.8 Å². The number of aromatic nitrogens is 3. The highest BCUT2D eigenvalue weighted by Crippen LogP contribution is 2.19. The molecule has 3 rings (SSSR count). The van der Waals surface area contributed by atoms with E-state index in [9.17, 15) is 9.59 Å². The molecule has 0 radical (unpaired) electrons. The summed E-state index contributed by atoms with van der Waals surface area (Å²) in [6.07, 6.45) is 3.10. The second kappa shape index (κ2) is 8.79. The molecule has 2 amide bonds. The Hall–Kier alpha value is -3.00. The number of rotatable bonds is 6. The molecular weight excluding hydrogens is 422 g/mol. The van der Waals surface area contributed by atoms with Gasteiger partial charge in [0.2, 0.25) is 0 Å². The van der Waals surface area contributed by atoms with Crippen molar-refractivity contribution in [2.75, 3.05) is 13.1 Å². The molecule has 0 fully saturated rings. The Morgan fingerprint density at radius 3 is 2.36 bits per heavy atom. The van der Waals surface area contributed by atoms with Gasteiger partial charge < -0.3 is 10.6 Å². The summed E-state index contributed by atoms with van der Waals surface area (Å²) >= 11 is 3.41. The second-order valence-electron chi connectivity index (χ2n) is 6.19. The number of pyridine rings is 1. The van der Waals surface area contributed by atoms with Crippen LogP contribution in [-0.2, 0) is 0 Å². The van der Waals surface area contributed by atoms with Crippen LogP contribution in [0.5, 0.6) is 0 Å². The van der Waals surface area contributed by atoms with Crippen molar-refractivity contribution in [3.63, 3.8) is 0 Å². The first kappa shape index (κ1) is 19.8. The number of hydrogen-bond donors (Lipinski definition) is 2. The molecule has 2 heterocycles. The van der Waals surface area contributed by atoms with Crippen LogP contribution < -0.4 is 10.6 Å². The quantitative estimate of drug-likeness (QED) is 0.575. The fraction of sp³-hybridized carbons (Fsp3) is 0.200. The SMILES string of the molecule is Cc1nn(-c2ccc(Br)cc2)c(C)c1C(=O)NCCNC(=O)c1cccnc1. The predicted octanol–water partition coefficient (Wildman–Crippen LogP) is 2.81. The Bertz CT molecular complexity index is 984. The van der Waals surface area contributed by atoms with Crippen LogP contribution >= 0.6 is 15.9 Å². The van der Waals surface area contributed by atoms with Crippen LogP contribution in [0.3, 0.4) is 0 Å². The zero-order chi connectivity index (χ0) is 20.1. The number of hydrogen-bond acceptors (Lipinski definition) is 4. The summed E-state index contributed by atoms with van der Waals surface area (Å²) in [5.41, 5.74) is 3.32. The average molecular weight is 442 g/mol. The minimum absolute atomic E-state index is 0.214. The van der Waals surface area contributed by atoms with Crippen molar-refractivity contribution in [1.82, 2.24) is 25.4 Å². The van der Waals surface area contributed by atoms with Gasteiger partial charge in [-0.15, -0.1) is 0 Å². The highest BCUT2D eigenvalue weighted by Gasteiger charge is 2.19. The van der Waals surface area contributed by atoms with Crippen LogP contribution in [0, 0.1) is 13.8 Å². The van der Waals surface area contributed by atoms with Gasteiger partial charge in [0.15, 0.2) is 0 Å². The molecule has 144 valence electrons. The first-order chi connectivity index (χ1) is 13.5. The van der Waals surface area contributed by atoms with E-state index in [0.29, 0.717) is 29.9 Å². The van der Waals surface area contributed by atoms with Gasteiger partial charge in [-0.25, -0.2) is 4.68 Å². The van der Waals surface area contributed by atoms with Crippen LogP contribution in [0.4, 0.5) is 0 Å². The molecule has 0 saturated heterocycles. The lowest BCUT2D eigenvalue weighted by Gasteiger charge is -2.08. The predicted molar refractivity (Wildman–Crippen MR) is 110 cm³/mol. The molecule has 0 atom stereocenters. The highest BCUT2D eigenvalue weighted by atomic mass is 79.9. The molecule has 0 aliphatic heterocycles. The average Bonchev–Trinajstić information content (AvgIpc) is 3.00. The molecule has 3 aromatic rings. The molecule has 2 aromatic heterocycles. The van der Waals surface area contributed by atoms with Crippen molar-refractivity contribution in [2.24, 2.45) is 0 Å². The zero-order valence-corrected chi connectivity index (χ0v) is 17.2. The Morgan fingerprint density at radius 1 is 1.04 bits per heavy atom. The molecule has 0 aliphatic carbocycles. The maximum Gasteiger partial charge on any atom is 0.255 e. The zero-order valence-electron chi connectivity index (χ0n) is 15.6. The smallest absolute Gasteiger partial charge is 0.255 e. The van der Waals surface area contributed by atoms with Crippen molar-refractivity contribution in [3.05, 3.63) is 75.8 Å². The molecule has 0 unspecified atom stereocenters. The molecule has 2 N–H and O–H groups in total. The molecule has 28 heavy (non-hydrogen) atoms. The van der Waals surface area contributed by atoms with Crippen LogP contribution in [0.2, 0.25) is 0 Å². The molecule has 0 spiro atoms. The molecule has 0 aliphatic rings. The Kier molecular flexibility index (Phi) is 6.20. The molecular formula is C20H20BrN5O2. The largest absolute Gasteiger partial charge is 0.350 e. The summed E-state index contributed by atoms with van der Waals surface area (Å²) in [7, 11) is 0. The van der Waals surface area contributed by atoms with Crippen molar-refractivity contribution in [1.29, 1.82) is 0 Å². The van der Waals surface area contributed by atoms with Gasteiger partial charge in [-0.05, 0) is 50.2 Å². The molecule has 1 aromatic carbocycles. The summed E-state index contributed by atoms with van der Waals surface area (Å²) in [5.74, 6) is -0.438. The number of nitrogens with one attached hydrogen (secondary N) is 2. The third kappa shape index (κ3) is 4.45. The summed E-state index contributed by atoms with van der Waals surface area (Å²) in [4.78, 5) is 28.5. The number of amides is 2. The number of aryl methyl sites for hydroxylation is 1. The monoisotopic (exact) mass is 441 g/mol. The lowest BCUT2D eigenvalue weighted by molar-refractivity contribution is 0.0926. The maximum atomic E-state index is 12.6. The fourth-order valence-corrected chi connectivity index (χ4v) is 3.11. The van der Waals surface area contributed by atoms with E-state index >= 15 is 0 Å². The first-order valence-corrected chi connectivity index (χ1v) is 9.55. The number of nitrogens with zero attached hydrogens (tertiary/aromatic N) is 3. The van der Waals surface area contributed by atoms with Crippen molar-refractivity contribution < 1.29 is 9.59 Å². The lowest BCUT2D eigenvalue weighted by atomic mass is 10.2. The van der Waals surface area contributed by atoms with Crippen LogP contribution in [0.25, 0.3) is 5.69 Å². The summed E-state index contributed by atoms with van der Waals surface area (Å²) in [5, 5.41) is 10.1. The molecule has 0 saturated carbocycles. The number of halogens is 1. The van der Waals surface area contributed by atoms with E-state index in [-0.39, 0.29) is 11.8 Å². The number of carbonyl (C=O) groups excluding carboxylic acids is 2. The van der Waals surface area contributed by atoms with Crippen LogP contribution in [-0.4, -0.2) is 39.7 Å². The second-order valence-corrected chi connectivity index (χ2v) is 7.10. The Balaban J connectivity index is 1.60. The minimum Gasteiger partial charge on any atom is -0.350 e. The van der Waals surface area contributed by atoms with E-state index in [2.05, 4.69) is 36.6 Å². The van der Waals surface area contributed by atoms with Gasteiger partial charge in [-0.3, -0.25) is 14.6 Å². The van der Waals surface area contributed by atoms with Gasteiger partial charge in [-0.1, -0.05) is 15.9 Å². The third-order valence-electron chi connectivity index (χ3n) is 4.21. The summed E-state index contributed by atoms with van der Waals surface area (Å²) < 4.78 is 2.73. The number of benzene rings is 1. The standard InChI is InChI=1S/C20H20BrN5O2/c1-13-18(14(2)26(25-13)17-7-5-16(21)6-8-17)20(28)24-11-10-23-19(27)15-4-3-9-22-12-15/h3-9,12H,10-11H2,1-2H3,(H,23,27)(H,24,28). The van der Waals surface area contributed by atoms with Gasteiger partial charge in [-0.2, -0.15) is 5.10 Å². The van der Waals surface area contributed by atoms with E-state index in [1.54, 1.807) is 29.9 Å². The normalized spacial score (nSPS) is 10.5. The van der Waals surface area contributed by atoms with Crippen LogP contribution in [0.15, 0.2) is 53.3 Å². The third-order valence-corrected chi connectivity index (χ3v) is 4.74.